The maximum Gasteiger partial charge on any atom is 0.282 e. The van der Waals surface area contributed by atoms with Crippen molar-refractivity contribution in [1.82, 2.24) is 0 Å². The molecule has 0 atom stereocenters. The van der Waals surface area contributed by atoms with Crippen LogP contribution in [-0.2, 0) is 9.59 Å². The molecule has 0 aromatic heterocycles. The number of aryl methyl sites for hydroxylation is 1. The molecule has 1 N–H and O–H groups in total. The van der Waals surface area contributed by atoms with Crippen LogP contribution in [0.2, 0.25) is 0 Å². The van der Waals surface area contributed by atoms with Crippen molar-refractivity contribution in [3.63, 3.8) is 0 Å². The quantitative estimate of drug-likeness (QED) is 0.527. The minimum Gasteiger partial charge on any atom is -0.496 e. The summed E-state index contributed by atoms with van der Waals surface area (Å²) in [5.74, 6) is 0.112. The van der Waals surface area contributed by atoms with Gasteiger partial charge in [0.2, 0.25) is 0 Å². The van der Waals surface area contributed by atoms with Crippen LogP contribution in [0, 0.1) is 6.92 Å². The van der Waals surface area contributed by atoms with E-state index < -0.39 is 5.91 Å². The molecular weight excluding hydrogens is 400 g/mol. The summed E-state index contributed by atoms with van der Waals surface area (Å²) in [5, 5.41) is 3.20. The average molecular weight is 427 g/mol. The number of nitrogens with zero attached hydrogens (tertiary/aromatic N) is 1. The summed E-state index contributed by atoms with van der Waals surface area (Å²) < 4.78 is 5.50. The van der Waals surface area contributed by atoms with Crippen molar-refractivity contribution in [3.8, 4) is 5.75 Å². The Morgan fingerprint density at radius 3 is 2.25 bits per heavy atom. The molecule has 0 unspecified atom stereocenters. The fraction of sp³-hybridized carbons (Fsp3) is 0.185. The monoisotopic (exact) mass is 426 g/mol. The molecule has 0 radical (unpaired) electrons. The minimum atomic E-state index is -0.394. The van der Waals surface area contributed by atoms with Crippen molar-refractivity contribution in [3.05, 3.63) is 95.2 Å². The third-order valence-electron chi connectivity index (χ3n) is 5.57. The van der Waals surface area contributed by atoms with Crippen LogP contribution in [0.1, 0.15) is 36.5 Å². The number of hydrogen-bond acceptors (Lipinski definition) is 4. The molecule has 0 spiro atoms. The van der Waals surface area contributed by atoms with Crippen LogP contribution in [0.5, 0.6) is 5.75 Å². The van der Waals surface area contributed by atoms with E-state index in [9.17, 15) is 9.59 Å². The van der Waals surface area contributed by atoms with Gasteiger partial charge < -0.3 is 10.1 Å². The Morgan fingerprint density at radius 2 is 1.59 bits per heavy atom. The highest BCUT2D eigenvalue weighted by Crippen LogP contribution is 2.37. The van der Waals surface area contributed by atoms with Gasteiger partial charge in [-0.1, -0.05) is 56.3 Å². The highest BCUT2D eigenvalue weighted by atomic mass is 16.5. The number of nitrogens with one attached hydrogen (secondary N) is 1. The number of benzene rings is 3. The fourth-order valence-electron chi connectivity index (χ4n) is 3.86. The van der Waals surface area contributed by atoms with Gasteiger partial charge in [-0.25, -0.2) is 4.90 Å². The van der Waals surface area contributed by atoms with Gasteiger partial charge in [-0.15, -0.1) is 0 Å². The Kier molecular flexibility index (Phi) is 5.82. The van der Waals surface area contributed by atoms with Crippen LogP contribution in [0.4, 0.5) is 11.4 Å². The molecule has 0 bridgehead atoms. The normalized spacial score (nSPS) is 13.8. The maximum atomic E-state index is 13.6. The smallest absolute Gasteiger partial charge is 0.282 e. The molecule has 3 aromatic rings. The standard InChI is InChI=1S/C27H26N2O3/c1-17(2)19-12-14-21(15-13-19)29-26(30)24(22-10-5-6-11-23(22)32-4)25(27(29)31)28-20-9-7-8-18(3)16-20/h5-17,28H,1-4H3. The van der Waals surface area contributed by atoms with Crippen LogP contribution in [0.25, 0.3) is 5.57 Å². The second-order valence-electron chi connectivity index (χ2n) is 8.14. The molecule has 0 saturated heterocycles. The number of amides is 2. The van der Waals surface area contributed by atoms with E-state index in [0.717, 1.165) is 16.8 Å². The van der Waals surface area contributed by atoms with Crippen molar-refractivity contribution in [1.29, 1.82) is 0 Å². The van der Waals surface area contributed by atoms with Crippen LogP contribution >= 0.6 is 0 Å². The molecule has 1 aliphatic heterocycles. The molecular formula is C27H26N2O3. The number of ether oxygens (including phenoxy) is 1. The number of carbonyl (C=O) groups is 2. The molecule has 0 fully saturated rings. The van der Waals surface area contributed by atoms with Crippen molar-refractivity contribution in [2.24, 2.45) is 0 Å². The molecule has 5 nitrogen and oxygen atoms in total. The van der Waals surface area contributed by atoms with E-state index in [-0.39, 0.29) is 11.6 Å². The summed E-state index contributed by atoms with van der Waals surface area (Å²) in [4.78, 5) is 28.4. The van der Waals surface area contributed by atoms with E-state index in [0.29, 0.717) is 28.5 Å². The maximum absolute atomic E-state index is 13.6. The predicted octanol–water partition coefficient (Wildman–Crippen LogP) is 5.52. The third kappa shape index (κ3) is 3.89. The first-order chi connectivity index (χ1) is 15.4. The van der Waals surface area contributed by atoms with Crippen molar-refractivity contribution in [2.75, 3.05) is 17.3 Å². The number of rotatable bonds is 6. The van der Waals surface area contributed by atoms with Gasteiger partial charge in [-0.2, -0.15) is 0 Å². The predicted molar refractivity (Wildman–Crippen MR) is 128 cm³/mol. The first-order valence-electron chi connectivity index (χ1n) is 10.6. The number of para-hydroxylation sites is 1. The summed E-state index contributed by atoms with van der Waals surface area (Å²) in [5.41, 5.74) is 4.57. The van der Waals surface area contributed by atoms with Gasteiger partial charge in [0, 0.05) is 11.3 Å². The molecule has 0 aliphatic carbocycles. The second kappa shape index (κ2) is 8.71. The topological polar surface area (TPSA) is 58.6 Å². The lowest BCUT2D eigenvalue weighted by atomic mass is 10.0. The number of hydrogen-bond donors (Lipinski definition) is 1. The summed E-state index contributed by atoms with van der Waals surface area (Å²) in [6.45, 7) is 6.18. The lowest BCUT2D eigenvalue weighted by Gasteiger charge is -2.17. The van der Waals surface area contributed by atoms with Crippen LogP contribution in [0.15, 0.2) is 78.5 Å². The van der Waals surface area contributed by atoms with Crippen LogP contribution in [0.3, 0.4) is 0 Å². The van der Waals surface area contributed by atoms with E-state index in [1.54, 1.807) is 19.2 Å². The number of methoxy groups -OCH3 is 1. The summed E-state index contributed by atoms with van der Waals surface area (Å²) in [6.07, 6.45) is 0. The molecule has 0 saturated carbocycles. The lowest BCUT2D eigenvalue weighted by Crippen LogP contribution is -2.32. The van der Waals surface area contributed by atoms with Crippen molar-refractivity contribution < 1.29 is 14.3 Å². The van der Waals surface area contributed by atoms with Crippen LogP contribution in [-0.4, -0.2) is 18.9 Å². The van der Waals surface area contributed by atoms with Gasteiger partial charge in [0.05, 0.1) is 18.4 Å². The van der Waals surface area contributed by atoms with Crippen molar-refractivity contribution >= 4 is 28.8 Å². The van der Waals surface area contributed by atoms with E-state index in [1.807, 2.05) is 67.6 Å². The first kappa shape index (κ1) is 21.4. The summed E-state index contributed by atoms with van der Waals surface area (Å²) >= 11 is 0. The van der Waals surface area contributed by atoms with E-state index >= 15 is 0 Å². The Balaban J connectivity index is 1.83. The fourth-order valence-corrected chi connectivity index (χ4v) is 3.86. The average Bonchev–Trinajstić information content (AvgIpc) is 3.03. The van der Waals surface area contributed by atoms with Gasteiger partial charge in [-0.05, 0) is 54.3 Å². The molecule has 3 aromatic carbocycles. The molecule has 5 heteroatoms. The highest BCUT2D eigenvalue weighted by molar-refractivity contribution is 6.46. The summed E-state index contributed by atoms with van der Waals surface area (Å²) in [6, 6.07) is 22.5. The summed E-state index contributed by atoms with van der Waals surface area (Å²) in [7, 11) is 1.55. The SMILES string of the molecule is COc1ccccc1C1=C(Nc2cccc(C)c2)C(=O)N(c2ccc(C(C)C)cc2)C1=O. The molecule has 162 valence electrons. The van der Waals surface area contributed by atoms with E-state index in [2.05, 4.69) is 19.2 Å². The number of anilines is 2. The molecule has 4 rings (SSSR count). The van der Waals surface area contributed by atoms with Crippen molar-refractivity contribution in [2.45, 2.75) is 26.7 Å². The van der Waals surface area contributed by atoms with Gasteiger partial charge in [0.1, 0.15) is 11.4 Å². The lowest BCUT2D eigenvalue weighted by molar-refractivity contribution is -0.120. The largest absolute Gasteiger partial charge is 0.496 e. The Bertz CT molecular complexity index is 1210. The number of imide groups is 1. The second-order valence-corrected chi connectivity index (χ2v) is 8.14. The molecule has 32 heavy (non-hydrogen) atoms. The zero-order chi connectivity index (χ0) is 22.8. The van der Waals surface area contributed by atoms with E-state index in [4.69, 9.17) is 4.74 Å². The molecule has 1 heterocycles. The van der Waals surface area contributed by atoms with Gasteiger partial charge in [0.15, 0.2) is 0 Å². The third-order valence-corrected chi connectivity index (χ3v) is 5.57. The van der Waals surface area contributed by atoms with Gasteiger partial charge >= 0.3 is 0 Å². The molecule has 2 amide bonds. The zero-order valence-electron chi connectivity index (χ0n) is 18.7. The zero-order valence-corrected chi connectivity index (χ0v) is 18.7. The Morgan fingerprint density at radius 1 is 0.875 bits per heavy atom. The van der Waals surface area contributed by atoms with Gasteiger partial charge in [-0.3, -0.25) is 9.59 Å². The minimum absolute atomic E-state index is 0.234. The Hall–Kier alpha value is -3.86. The van der Waals surface area contributed by atoms with E-state index in [1.165, 1.54) is 4.90 Å². The first-order valence-corrected chi connectivity index (χ1v) is 10.6. The number of carbonyl (C=O) groups excluding carboxylic acids is 2. The molecule has 1 aliphatic rings. The van der Waals surface area contributed by atoms with Gasteiger partial charge in [0.25, 0.3) is 11.8 Å². The Labute approximate surface area is 188 Å². The van der Waals surface area contributed by atoms with Crippen LogP contribution < -0.4 is 15.0 Å². The highest BCUT2D eigenvalue weighted by Gasteiger charge is 2.41.